The molecule has 27 heavy (non-hydrogen) atoms. The summed E-state index contributed by atoms with van der Waals surface area (Å²) in [5.41, 5.74) is 1.31. The maximum absolute atomic E-state index is 6.71. The Morgan fingerprint density at radius 2 is 1.89 bits per heavy atom. The lowest BCUT2D eigenvalue weighted by Crippen LogP contribution is -2.65. The highest BCUT2D eigenvalue weighted by molar-refractivity contribution is 6.47. The van der Waals surface area contributed by atoms with Crippen LogP contribution in [0.25, 0.3) is 10.8 Å². The van der Waals surface area contributed by atoms with Crippen molar-refractivity contribution in [3.63, 3.8) is 0 Å². The molecule has 2 aromatic rings. The Morgan fingerprint density at radius 3 is 2.67 bits per heavy atom. The van der Waals surface area contributed by atoms with E-state index in [-0.39, 0.29) is 24.8 Å². The van der Waals surface area contributed by atoms with Crippen LogP contribution in [0.15, 0.2) is 42.5 Å². The van der Waals surface area contributed by atoms with E-state index >= 15 is 0 Å². The molecule has 0 amide bonds. The van der Waals surface area contributed by atoms with E-state index in [0.29, 0.717) is 17.9 Å². The van der Waals surface area contributed by atoms with Crippen molar-refractivity contribution < 1.29 is 14.0 Å². The zero-order valence-electron chi connectivity index (χ0n) is 16.8. The molecule has 1 heterocycles. The van der Waals surface area contributed by atoms with Crippen LogP contribution in [0.2, 0.25) is 0 Å². The van der Waals surface area contributed by atoms with Crippen molar-refractivity contribution in [3.05, 3.63) is 48.0 Å². The Bertz CT molecular complexity index is 860. The minimum Gasteiger partial charge on any atom is -0.403 e. The van der Waals surface area contributed by atoms with Gasteiger partial charge in [0.1, 0.15) is 6.00 Å². The average molecular weight is 364 g/mol. The number of ether oxygens (including phenoxy) is 1. The van der Waals surface area contributed by atoms with E-state index in [0.717, 1.165) is 17.9 Å². The minimum atomic E-state index is -0.346. The highest BCUT2D eigenvalue weighted by Crippen LogP contribution is 2.66. The molecule has 5 atom stereocenters. The third kappa shape index (κ3) is 2.46. The highest BCUT2D eigenvalue weighted by atomic mass is 16.7. The zero-order chi connectivity index (χ0) is 18.8. The highest BCUT2D eigenvalue weighted by Gasteiger charge is 2.68. The van der Waals surface area contributed by atoms with E-state index in [1.165, 1.54) is 17.2 Å². The zero-order valence-corrected chi connectivity index (χ0v) is 16.8. The van der Waals surface area contributed by atoms with E-state index < -0.39 is 0 Å². The van der Waals surface area contributed by atoms with Crippen molar-refractivity contribution in [1.82, 2.24) is 0 Å². The van der Waals surface area contributed by atoms with Gasteiger partial charge in [-0.2, -0.15) is 0 Å². The summed E-state index contributed by atoms with van der Waals surface area (Å²) in [6.45, 7) is 9.74. The van der Waals surface area contributed by atoms with Crippen molar-refractivity contribution in [3.8, 4) is 0 Å². The molecule has 0 radical (unpaired) electrons. The predicted molar refractivity (Wildman–Crippen MR) is 108 cm³/mol. The topological polar surface area (TPSA) is 27.7 Å². The van der Waals surface area contributed by atoms with Crippen LogP contribution in [0.3, 0.4) is 0 Å². The van der Waals surface area contributed by atoms with E-state index in [2.05, 4.69) is 63.2 Å². The monoisotopic (exact) mass is 364 g/mol. The third-order valence-corrected chi connectivity index (χ3v) is 7.69. The standard InChI is InChI=1S/C23H29BO3/c1-5-25-21(18-12-8-10-15-9-6-7-11-17(15)18)24-26-20-14-16-13-19(22(16,2)3)23(20,4)27-24/h6-12,16,19-21H,5,13-14H2,1-4H3/t16-,19-,20+,21+,23-/m0/s1. The summed E-state index contributed by atoms with van der Waals surface area (Å²) in [5, 5.41) is 2.44. The molecule has 4 fully saturated rings. The number of hydrogen-bond acceptors (Lipinski definition) is 3. The van der Waals surface area contributed by atoms with Gasteiger partial charge in [-0.1, -0.05) is 56.3 Å². The average Bonchev–Trinajstić information content (AvgIpc) is 3.02. The first-order valence-electron chi connectivity index (χ1n) is 10.4. The van der Waals surface area contributed by atoms with E-state index in [1.54, 1.807) is 0 Å². The summed E-state index contributed by atoms with van der Waals surface area (Å²) < 4.78 is 19.5. The lowest BCUT2D eigenvalue weighted by Gasteiger charge is -2.64. The molecular formula is C23H29BO3. The first-order valence-corrected chi connectivity index (χ1v) is 10.4. The van der Waals surface area contributed by atoms with E-state index in [1.807, 2.05) is 6.92 Å². The van der Waals surface area contributed by atoms with Gasteiger partial charge in [-0.05, 0) is 60.3 Å². The molecule has 0 unspecified atom stereocenters. The van der Waals surface area contributed by atoms with Crippen molar-refractivity contribution in [2.75, 3.05) is 6.61 Å². The fourth-order valence-corrected chi connectivity index (χ4v) is 6.02. The van der Waals surface area contributed by atoms with Crippen molar-refractivity contribution in [2.24, 2.45) is 17.3 Å². The molecule has 3 saturated carbocycles. The molecule has 3 nitrogen and oxygen atoms in total. The second kappa shape index (κ2) is 6.07. The number of hydrogen-bond donors (Lipinski definition) is 0. The number of fused-ring (bicyclic) bond motifs is 1. The van der Waals surface area contributed by atoms with Crippen LogP contribution < -0.4 is 0 Å². The number of rotatable bonds is 4. The van der Waals surface area contributed by atoms with Crippen LogP contribution in [0.5, 0.6) is 0 Å². The number of benzene rings is 2. The molecular weight excluding hydrogens is 335 g/mol. The summed E-state index contributed by atoms with van der Waals surface area (Å²) in [5.74, 6) is 1.32. The van der Waals surface area contributed by atoms with Gasteiger partial charge in [-0.3, -0.25) is 0 Å². The quantitative estimate of drug-likeness (QED) is 0.700. The van der Waals surface area contributed by atoms with Crippen LogP contribution in [0.1, 0.15) is 52.1 Å². The molecule has 3 aliphatic carbocycles. The van der Waals surface area contributed by atoms with Crippen LogP contribution in [-0.4, -0.2) is 25.4 Å². The van der Waals surface area contributed by atoms with Gasteiger partial charge < -0.3 is 14.0 Å². The molecule has 4 heteroatoms. The van der Waals surface area contributed by atoms with Crippen molar-refractivity contribution >= 4 is 17.9 Å². The molecule has 1 aliphatic heterocycles. The predicted octanol–water partition coefficient (Wildman–Crippen LogP) is 5.18. The van der Waals surface area contributed by atoms with Crippen LogP contribution in [0, 0.1) is 17.3 Å². The summed E-state index contributed by atoms with van der Waals surface area (Å²) in [6, 6.07) is 14.7. The second-order valence-electron chi connectivity index (χ2n) is 9.28. The van der Waals surface area contributed by atoms with Gasteiger partial charge >= 0.3 is 7.12 Å². The lowest BCUT2D eigenvalue weighted by molar-refractivity contribution is -0.199. The van der Waals surface area contributed by atoms with Gasteiger partial charge in [0.15, 0.2) is 0 Å². The van der Waals surface area contributed by atoms with E-state index in [9.17, 15) is 0 Å². The molecule has 4 aliphatic rings. The Kier molecular flexibility index (Phi) is 3.98. The Labute approximate surface area is 162 Å². The summed E-state index contributed by atoms with van der Waals surface area (Å²) in [4.78, 5) is 0. The molecule has 0 spiro atoms. The minimum absolute atomic E-state index is 0.178. The SMILES string of the molecule is CCO[C@@H](B1O[C@@H]2C[C@@H]3C[C@@H](C3(C)C)[C@]2(C)O1)c1cccc2ccccc12. The Hall–Kier alpha value is -1.36. The van der Waals surface area contributed by atoms with Gasteiger partial charge in [-0.15, -0.1) is 0 Å². The van der Waals surface area contributed by atoms with Gasteiger partial charge in [0, 0.05) is 6.61 Å². The van der Waals surface area contributed by atoms with Crippen LogP contribution in [0.4, 0.5) is 0 Å². The second-order valence-corrected chi connectivity index (χ2v) is 9.28. The molecule has 1 saturated heterocycles. The molecule has 2 bridgehead atoms. The summed E-state index contributed by atoms with van der Waals surface area (Å²) in [7, 11) is -0.346. The van der Waals surface area contributed by atoms with Crippen molar-refractivity contribution in [2.45, 2.75) is 58.2 Å². The van der Waals surface area contributed by atoms with Gasteiger partial charge in [0.25, 0.3) is 0 Å². The molecule has 0 aromatic heterocycles. The third-order valence-electron chi connectivity index (χ3n) is 7.69. The fraction of sp³-hybridized carbons (Fsp3) is 0.565. The molecule has 0 N–H and O–H groups in total. The molecule has 6 rings (SSSR count). The van der Waals surface area contributed by atoms with Crippen molar-refractivity contribution in [1.29, 1.82) is 0 Å². The van der Waals surface area contributed by atoms with Gasteiger partial charge in [0.05, 0.1) is 11.7 Å². The van der Waals surface area contributed by atoms with Crippen LogP contribution in [-0.2, 0) is 14.0 Å². The van der Waals surface area contributed by atoms with Gasteiger partial charge in [0.2, 0.25) is 0 Å². The Morgan fingerprint density at radius 1 is 1.11 bits per heavy atom. The Balaban J connectivity index is 1.50. The van der Waals surface area contributed by atoms with E-state index in [4.69, 9.17) is 14.0 Å². The normalized spacial score (nSPS) is 35.0. The lowest BCUT2D eigenvalue weighted by atomic mass is 9.43. The van der Waals surface area contributed by atoms with Gasteiger partial charge in [-0.25, -0.2) is 0 Å². The molecule has 142 valence electrons. The van der Waals surface area contributed by atoms with Crippen LogP contribution >= 0.6 is 0 Å². The first kappa shape index (κ1) is 17.7. The smallest absolute Gasteiger partial charge is 0.403 e. The summed E-state index contributed by atoms with van der Waals surface area (Å²) >= 11 is 0. The first-order chi connectivity index (χ1) is 12.9. The molecule has 2 aromatic carbocycles. The fourth-order valence-electron chi connectivity index (χ4n) is 6.02. The largest absolute Gasteiger partial charge is 0.493 e. The summed E-state index contributed by atoms with van der Waals surface area (Å²) in [6.07, 6.45) is 2.55. The maximum Gasteiger partial charge on any atom is 0.493 e. The maximum atomic E-state index is 6.71.